The SMILES string of the molecule is O=C(NCC(CCO)c1ccccc1)C(=O)Nc1ccccc1Cl. The fraction of sp³-hybridized carbons (Fsp3) is 0.222. The number of amides is 2. The molecule has 0 fully saturated rings. The number of halogens is 1. The number of carbonyl (C=O) groups excluding carboxylic acids is 2. The molecule has 1 unspecified atom stereocenters. The van der Waals surface area contributed by atoms with Crippen LogP contribution in [0.4, 0.5) is 5.69 Å². The molecule has 2 aromatic rings. The number of anilines is 1. The molecule has 2 rings (SSSR count). The number of benzene rings is 2. The van der Waals surface area contributed by atoms with Crippen molar-refractivity contribution in [1.82, 2.24) is 5.32 Å². The van der Waals surface area contributed by atoms with E-state index in [-0.39, 0.29) is 19.1 Å². The summed E-state index contributed by atoms with van der Waals surface area (Å²) in [7, 11) is 0. The molecule has 1 atom stereocenters. The van der Waals surface area contributed by atoms with E-state index in [1.165, 1.54) is 0 Å². The third-order valence-electron chi connectivity index (χ3n) is 3.59. The molecule has 2 amide bonds. The Hall–Kier alpha value is -2.37. The second-order valence-electron chi connectivity index (χ2n) is 5.26. The summed E-state index contributed by atoms with van der Waals surface area (Å²) < 4.78 is 0. The summed E-state index contributed by atoms with van der Waals surface area (Å²) >= 11 is 5.95. The predicted octanol–water partition coefficient (Wildman–Crippen LogP) is 2.56. The molecule has 126 valence electrons. The third kappa shape index (κ3) is 5.08. The number of aliphatic hydroxyl groups is 1. The van der Waals surface area contributed by atoms with E-state index in [1.54, 1.807) is 24.3 Å². The van der Waals surface area contributed by atoms with Gasteiger partial charge < -0.3 is 15.7 Å². The summed E-state index contributed by atoms with van der Waals surface area (Å²) in [5.41, 5.74) is 1.38. The largest absolute Gasteiger partial charge is 0.396 e. The Bertz CT molecular complexity index is 692. The average Bonchev–Trinajstić information content (AvgIpc) is 2.61. The highest BCUT2D eigenvalue weighted by Gasteiger charge is 2.17. The molecule has 6 heteroatoms. The smallest absolute Gasteiger partial charge is 0.313 e. The van der Waals surface area contributed by atoms with Gasteiger partial charge in [0.05, 0.1) is 10.7 Å². The van der Waals surface area contributed by atoms with Crippen LogP contribution in [-0.2, 0) is 9.59 Å². The Kier molecular flexibility index (Phi) is 6.78. The summed E-state index contributed by atoms with van der Waals surface area (Å²) in [6.07, 6.45) is 0.496. The van der Waals surface area contributed by atoms with Crippen molar-refractivity contribution in [2.45, 2.75) is 12.3 Å². The minimum absolute atomic E-state index is 0.00124. The van der Waals surface area contributed by atoms with Crippen LogP contribution < -0.4 is 10.6 Å². The highest BCUT2D eigenvalue weighted by Crippen LogP contribution is 2.20. The van der Waals surface area contributed by atoms with Crippen molar-refractivity contribution in [2.75, 3.05) is 18.5 Å². The first-order valence-electron chi connectivity index (χ1n) is 7.61. The van der Waals surface area contributed by atoms with Gasteiger partial charge in [-0.25, -0.2) is 0 Å². The molecule has 0 bridgehead atoms. The van der Waals surface area contributed by atoms with Gasteiger partial charge in [-0.1, -0.05) is 54.1 Å². The van der Waals surface area contributed by atoms with Crippen LogP contribution in [0.3, 0.4) is 0 Å². The first-order valence-corrected chi connectivity index (χ1v) is 7.99. The maximum atomic E-state index is 12.0. The lowest BCUT2D eigenvalue weighted by Gasteiger charge is -2.17. The Morgan fingerprint density at radius 1 is 1.00 bits per heavy atom. The number of carbonyl (C=O) groups is 2. The molecule has 0 aromatic heterocycles. The minimum atomic E-state index is -0.779. The van der Waals surface area contributed by atoms with Crippen LogP contribution in [0.1, 0.15) is 17.9 Å². The molecule has 5 nitrogen and oxygen atoms in total. The fourth-order valence-corrected chi connectivity index (χ4v) is 2.49. The zero-order chi connectivity index (χ0) is 17.4. The van der Waals surface area contributed by atoms with Crippen LogP contribution in [0.15, 0.2) is 54.6 Å². The number of hydrogen-bond donors (Lipinski definition) is 3. The van der Waals surface area contributed by atoms with Crippen molar-refractivity contribution in [3.05, 3.63) is 65.2 Å². The van der Waals surface area contributed by atoms with Gasteiger partial charge in [-0.15, -0.1) is 0 Å². The normalized spacial score (nSPS) is 11.6. The van der Waals surface area contributed by atoms with Gasteiger partial charge in [0.2, 0.25) is 0 Å². The lowest BCUT2D eigenvalue weighted by atomic mass is 9.96. The van der Waals surface area contributed by atoms with Crippen molar-refractivity contribution in [3.63, 3.8) is 0 Å². The standard InChI is InChI=1S/C18H19ClN2O3/c19-15-8-4-5-9-16(15)21-18(24)17(23)20-12-14(10-11-22)13-6-2-1-3-7-13/h1-9,14,22H,10-12H2,(H,20,23)(H,21,24). The molecule has 0 heterocycles. The molecule has 0 saturated heterocycles. The van der Waals surface area contributed by atoms with E-state index >= 15 is 0 Å². The quantitative estimate of drug-likeness (QED) is 0.703. The third-order valence-corrected chi connectivity index (χ3v) is 3.92. The van der Waals surface area contributed by atoms with Crippen LogP contribution >= 0.6 is 11.6 Å². The molecule has 0 aliphatic carbocycles. The van der Waals surface area contributed by atoms with E-state index in [1.807, 2.05) is 30.3 Å². The highest BCUT2D eigenvalue weighted by atomic mass is 35.5. The van der Waals surface area contributed by atoms with Gasteiger partial charge in [-0.05, 0) is 24.1 Å². The van der Waals surface area contributed by atoms with Crippen molar-refractivity contribution in [2.24, 2.45) is 0 Å². The topological polar surface area (TPSA) is 78.4 Å². The van der Waals surface area contributed by atoms with Gasteiger partial charge in [0, 0.05) is 19.1 Å². The Labute approximate surface area is 145 Å². The molecule has 2 aromatic carbocycles. The number of rotatable bonds is 6. The van der Waals surface area contributed by atoms with Crippen molar-refractivity contribution in [1.29, 1.82) is 0 Å². The Morgan fingerprint density at radius 2 is 1.67 bits per heavy atom. The lowest BCUT2D eigenvalue weighted by Crippen LogP contribution is -2.37. The van der Waals surface area contributed by atoms with Gasteiger partial charge in [0.25, 0.3) is 0 Å². The van der Waals surface area contributed by atoms with Gasteiger partial charge in [0.15, 0.2) is 0 Å². The van der Waals surface area contributed by atoms with Gasteiger partial charge >= 0.3 is 11.8 Å². The molecule has 0 aliphatic heterocycles. The van der Waals surface area contributed by atoms with Crippen molar-refractivity contribution >= 4 is 29.1 Å². The summed E-state index contributed by atoms with van der Waals surface area (Å²) in [6.45, 7) is 0.264. The van der Waals surface area contributed by atoms with E-state index in [0.29, 0.717) is 17.1 Å². The second kappa shape index (κ2) is 9.05. The average molecular weight is 347 g/mol. The Balaban J connectivity index is 1.93. The number of aliphatic hydroxyl groups excluding tert-OH is 1. The first kappa shape index (κ1) is 18.0. The lowest BCUT2D eigenvalue weighted by molar-refractivity contribution is -0.136. The monoisotopic (exact) mass is 346 g/mol. The Morgan fingerprint density at radius 3 is 2.33 bits per heavy atom. The molecular weight excluding hydrogens is 328 g/mol. The summed E-state index contributed by atoms with van der Waals surface area (Å²) in [5, 5.41) is 14.6. The maximum absolute atomic E-state index is 12.0. The number of para-hydroxylation sites is 1. The van der Waals surface area contributed by atoms with Gasteiger partial charge in [-0.3, -0.25) is 9.59 Å². The van der Waals surface area contributed by atoms with Gasteiger partial charge in [-0.2, -0.15) is 0 Å². The van der Waals surface area contributed by atoms with E-state index in [2.05, 4.69) is 10.6 Å². The van der Waals surface area contributed by atoms with Crippen molar-refractivity contribution < 1.29 is 14.7 Å². The van der Waals surface area contributed by atoms with Crippen LogP contribution in [0.5, 0.6) is 0 Å². The minimum Gasteiger partial charge on any atom is -0.396 e. The van der Waals surface area contributed by atoms with Crippen LogP contribution in [-0.4, -0.2) is 30.1 Å². The maximum Gasteiger partial charge on any atom is 0.313 e. The zero-order valence-electron chi connectivity index (χ0n) is 13.0. The summed E-state index contributed by atoms with van der Waals surface area (Å²) in [6, 6.07) is 16.2. The van der Waals surface area contributed by atoms with Gasteiger partial charge in [0.1, 0.15) is 0 Å². The number of nitrogens with one attached hydrogen (secondary N) is 2. The van der Waals surface area contributed by atoms with Crippen LogP contribution in [0.25, 0.3) is 0 Å². The highest BCUT2D eigenvalue weighted by molar-refractivity contribution is 6.41. The van der Waals surface area contributed by atoms with Crippen molar-refractivity contribution in [3.8, 4) is 0 Å². The molecular formula is C18H19ClN2O3. The molecule has 0 saturated carbocycles. The fourth-order valence-electron chi connectivity index (χ4n) is 2.31. The van der Waals surface area contributed by atoms with Crippen LogP contribution in [0, 0.1) is 0 Å². The van der Waals surface area contributed by atoms with E-state index in [0.717, 1.165) is 5.56 Å². The molecule has 0 aliphatic rings. The molecule has 3 N–H and O–H groups in total. The summed E-state index contributed by atoms with van der Waals surface area (Å²) in [4.78, 5) is 23.9. The van der Waals surface area contributed by atoms with Crippen LogP contribution in [0.2, 0.25) is 5.02 Å². The first-order chi connectivity index (χ1) is 11.6. The molecule has 0 spiro atoms. The van der Waals surface area contributed by atoms with E-state index in [9.17, 15) is 14.7 Å². The molecule has 0 radical (unpaired) electrons. The molecule has 24 heavy (non-hydrogen) atoms. The zero-order valence-corrected chi connectivity index (χ0v) is 13.8. The number of hydrogen-bond acceptors (Lipinski definition) is 3. The van der Waals surface area contributed by atoms with E-state index < -0.39 is 11.8 Å². The second-order valence-corrected chi connectivity index (χ2v) is 5.67. The van der Waals surface area contributed by atoms with E-state index in [4.69, 9.17) is 11.6 Å². The predicted molar refractivity (Wildman–Crippen MR) is 94.0 cm³/mol. The summed E-state index contributed by atoms with van der Waals surface area (Å²) in [5.74, 6) is -1.58.